The second-order valence-corrected chi connectivity index (χ2v) is 7.45. The van der Waals surface area contributed by atoms with Crippen molar-refractivity contribution in [3.05, 3.63) is 81.9 Å². The van der Waals surface area contributed by atoms with E-state index in [1.165, 1.54) is 0 Å². The number of nitrogens with one attached hydrogen (secondary N) is 2. The van der Waals surface area contributed by atoms with Crippen molar-refractivity contribution in [1.29, 1.82) is 0 Å². The number of aryl methyl sites for hydroxylation is 1. The fourth-order valence-corrected chi connectivity index (χ4v) is 4.42. The first-order valence-corrected chi connectivity index (χ1v) is 9.47. The van der Waals surface area contributed by atoms with Gasteiger partial charge in [-0.3, -0.25) is 29.8 Å². The molecule has 0 atom stereocenters. The Labute approximate surface area is 171 Å². The van der Waals surface area contributed by atoms with Gasteiger partial charge in [0.05, 0.1) is 22.3 Å². The normalized spacial score (nSPS) is 14.5. The molecule has 0 fully saturated rings. The van der Waals surface area contributed by atoms with Crippen LogP contribution in [0.25, 0.3) is 22.3 Å². The van der Waals surface area contributed by atoms with Crippen molar-refractivity contribution in [2.45, 2.75) is 13.8 Å². The fraction of sp³-hybridized carbons (Fsp3) is 0.0833. The van der Waals surface area contributed by atoms with Crippen LogP contribution in [-0.2, 0) is 0 Å². The van der Waals surface area contributed by atoms with Gasteiger partial charge in [-0.25, -0.2) is 0 Å². The third-order valence-electron chi connectivity index (χ3n) is 5.76. The molecule has 0 aliphatic carbocycles. The zero-order valence-corrected chi connectivity index (χ0v) is 16.3. The van der Waals surface area contributed by atoms with Crippen molar-refractivity contribution in [3.63, 3.8) is 0 Å². The highest BCUT2D eigenvalue weighted by Gasteiger charge is 2.32. The number of amides is 4. The molecule has 2 aliphatic heterocycles. The fourth-order valence-electron chi connectivity index (χ4n) is 4.42. The molecule has 2 aliphatic rings. The summed E-state index contributed by atoms with van der Waals surface area (Å²) in [6.07, 6.45) is 0. The van der Waals surface area contributed by atoms with Crippen LogP contribution in [0.15, 0.2) is 48.5 Å². The Morgan fingerprint density at radius 1 is 0.500 bits per heavy atom. The first-order valence-electron chi connectivity index (χ1n) is 9.47. The van der Waals surface area contributed by atoms with Crippen LogP contribution in [0.1, 0.15) is 52.6 Å². The van der Waals surface area contributed by atoms with Crippen molar-refractivity contribution in [1.82, 2.24) is 10.6 Å². The van der Waals surface area contributed by atoms with E-state index < -0.39 is 23.6 Å². The maximum Gasteiger partial charge on any atom is 0.259 e. The zero-order chi connectivity index (χ0) is 21.2. The summed E-state index contributed by atoms with van der Waals surface area (Å²) in [5, 5.41) is 4.70. The summed E-state index contributed by atoms with van der Waals surface area (Å²) in [5.41, 5.74) is 6.15. The van der Waals surface area contributed by atoms with E-state index in [1.807, 2.05) is 38.1 Å². The zero-order valence-electron chi connectivity index (χ0n) is 16.3. The summed E-state index contributed by atoms with van der Waals surface area (Å²) in [6, 6.07) is 14.2. The minimum atomic E-state index is -0.419. The third-order valence-corrected chi connectivity index (χ3v) is 5.76. The Morgan fingerprint density at radius 2 is 1.00 bits per heavy atom. The first-order chi connectivity index (χ1) is 14.4. The Hall–Kier alpha value is -4.06. The van der Waals surface area contributed by atoms with Crippen molar-refractivity contribution < 1.29 is 19.2 Å². The van der Waals surface area contributed by atoms with Gasteiger partial charge in [-0.15, -0.1) is 0 Å². The molecule has 0 saturated carbocycles. The van der Waals surface area contributed by atoms with E-state index in [0.29, 0.717) is 33.4 Å². The molecular weight excluding hydrogens is 380 g/mol. The number of imide groups is 2. The van der Waals surface area contributed by atoms with Crippen LogP contribution >= 0.6 is 0 Å². The predicted octanol–water partition coefficient (Wildman–Crippen LogP) is 3.40. The van der Waals surface area contributed by atoms with Gasteiger partial charge in [0, 0.05) is 0 Å². The Morgan fingerprint density at radius 3 is 1.60 bits per heavy atom. The standard InChI is InChI=1S/C24H16N2O4/c1-11-9-10-13(14-5-3-7-16-19(14)23(29)25-21(16)27)12(2)18(11)15-6-4-8-17-20(15)24(30)26-22(17)28/h3-10H,1-2H3,(H,25,27,29)(H,26,28,30). The molecule has 4 amide bonds. The lowest BCUT2D eigenvalue weighted by molar-refractivity contribution is 0.0863. The summed E-state index contributed by atoms with van der Waals surface area (Å²) in [5.74, 6) is -1.64. The molecule has 5 rings (SSSR count). The first kappa shape index (κ1) is 18.0. The maximum absolute atomic E-state index is 12.5. The SMILES string of the molecule is Cc1ccc(-c2cccc3c2C(=O)NC3=O)c(C)c1-c1cccc2c1C(=O)NC2=O. The molecule has 2 N–H and O–H groups in total. The highest BCUT2D eigenvalue weighted by atomic mass is 16.2. The highest BCUT2D eigenvalue weighted by molar-refractivity contribution is 6.25. The molecule has 0 bridgehead atoms. The largest absolute Gasteiger partial charge is 0.288 e. The molecule has 0 saturated heterocycles. The molecule has 6 nitrogen and oxygen atoms in total. The topological polar surface area (TPSA) is 92.3 Å². The van der Waals surface area contributed by atoms with E-state index in [0.717, 1.165) is 22.3 Å². The summed E-state index contributed by atoms with van der Waals surface area (Å²) in [4.78, 5) is 49.0. The van der Waals surface area contributed by atoms with Gasteiger partial charge >= 0.3 is 0 Å². The number of rotatable bonds is 2. The molecule has 30 heavy (non-hydrogen) atoms. The molecule has 0 spiro atoms. The molecule has 3 aromatic rings. The molecule has 0 radical (unpaired) electrons. The monoisotopic (exact) mass is 396 g/mol. The lowest BCUT2D eigenvalue weighted by Gasteiger charge is -2.18. The summed E-state index contributed by atoms with van der Waals surface area (Å²) in [6.45, 7) is 3.85. The van der Waals surface area contributed by atoms with Crippen molar-refractivity contribution in [2.24, 2.45) is 0 Å². The van der Waals surface area contributed by atoms with E-state index in [4.69, 9.17) is 0 Å². The minimum absolute atomic E-state index is 0.351. The lowest BCUT2D eigenvalue weighted by Crippen LogP contribution is -2.20. The van der Waals surface area contributed by atoms with E-state index in [9.17, 15) is 19.2 Å². The Balaban J connectivity index is 1.79. The van der Waals surface area contributed by atoms with Crippen molar-refractivity contribution in [2.75, 3.05) is 0 Å². The van der Waals surface area contributed by atoms with Crippen LogP contribution in [0.4, 0.5) is 0 Å². The number of hydrogen-bond acceptors (Lipinski definition) is 4. The van der Waals surface area contributed by atoms with Crippen LogP contribution in [-0.4, -0.2) is 23.6 Å². The number of fused-ring (bicyclic) bond motifs is 2. The predicted molar refractivity (Wildman–Crippen MR) is 110 cm³/mol. The second-order valence-electron chi connectivity index (χ2n) is 7.45. The molecule has 6 heteroatoms. The number of benzene rings is 3. The van der Waals surface area contributed by atoms with Gasteiger partial charge in [0.1, 0.15) is 0 Å². The van der Waals surface area contributed by atoms with Gasteiger partial charge < -0.3 is 0 Å². The molecular formula is C24H16N2O4. The molecule has 0 unspecified atom stereocenters. The lowest BCUT2D eigenvalue weighted by atomic mass is 9.85. The average Bonchev–Trinajstić information content (AvgIpc) is 3.18. The van der Waals surface area contributed by atoms with Gasteiger partial charge in [0.25, 0.3) is 23.6 Å². The van der Waals surface area contributed by atoms with E-state index in [2.05, 4.69) is 10.6 Å². The van der Waals surface area contributed by atoms with Gasteiger partial charge in [-0.1, -0.05) is 36.4 Å². The van der Waals surface area contributed by atoms with Crippen LogP contribution in [0, 0.1) is 13.8 Å². The smallest absolute Gasteiger partial charge is 0.259 e. The molecule has 2 heterocycles. The summed E-state index contributed by atoms with van der Waals surface area (Å²) in [7, 11) is 0. The Bertz CT molecular complexity index is 1340. The van der Waals surface area contributed by atoms with Crippen LogP contribution in [0.5, 0.6) is 0 Å². The Kier molecular flexibility index (Phi) is 3.73. The van der Waals surface area contributed by atoms with Crippen molar-refractivity contribution >= 4 is 23.6 Å². The van der Waals surface area contributed by atoms with Gasteiger partial charge in [-0.2, -0.15) is 0 Å². The quantitative estimate of drug-likeness (QED) is 0.650. The average molecular weight is 396 g/mol. The second kappa shape index (κ2) is 6.22. The van der Waals surface area contributed by atoms with Gasteiger partial charge in [-0.05, 0) is 59.4 Å². The third kappa shape index (κ3) is 2.37. The van der Waals surface area contributed by atoms with Crippen LogP contribution in [0.3, 0.4) is 0 Å². The number of carbonyl (C=O) groups is 4. The molecule has 146 valence electrons. The van der Waals surface area contributed by atoms with E-state index in [1.54, 1.807) is 24.3 Å². The summed E-state index contributed by atoms with van der Waals surface area (Å²) < 4.78 is 0. The number of hydrogen-bond donors (Lipinski definition) is 2. The molecule has 3 aromatic carbocycles. The van der Waals surface area contributed by atoms with E-state index in [-0.39, 0.29) is 0 Å². The van der Waals surface area contributed by atoms with E-state index >= 15 is 0 Å². The van der Waals surface area contributed by atoms with Crippen LogP contribution in [0.2, 0.25) is 0 Å². The van der Waals surface area contributed by atoms with Gasteiger partial charge in [0.15, 0.2) is 0 Å². The van der Waals surface area contributed by atoms with Gasteiger partial charge in [0.2, 0.25) is 0 Å². The summed E-state index contributed by atoms with van der Waals surface area (Å²) >= 11 is 0. The van der Waals surface area contributed by atoms with Crippen molar-refractivity contribution in [3.8, 4) is 22.3 Å². The van der Waals surface area contributed by atoms with Crippen LogP contribution < -0.4 is 10.6 Å². The minimum Gasteiger partial charge on any atom is -0.288 e. The maximum atomic E-state index is 12.5. The molecule has 0 aromatic heterocycles. The number of carbonyl (C=O) groups excluding carboxylic acids is 4. The highest BCUT2D eigenvalue weighted by Crippen LogP contribution is 2.39.